The molecule has 1 amide bonds. The monoisotopic (exact) mass is 347 g/mol. The maximum atomic E-state index is 12.2. The molecule has 0 fully saturated rings. The summed E-state index contributed by atoms with van der Waals surface area (Å²) in [6, 6.07) is 7.31. The Hall–Kier alpha value is -2.38. The van der Waals surface area contributed by atoms with Crippen molar-refractivity contribution in [3.8, 4) is 11.4 Å². The summed E-state index contributed by atoms with van der Waals surface area (Å²) in [5.74, 6) is 0.664. The minimum atomic E-state index is -0.277. The van der Waals surface area contributed by atoms with E-state index in [0.29, 0.717) is 23.1 Å². The molecule has 0 bridgehead atoms. The lowest BCUT2D eigenvalue weighted by molar-refractivity contribution is 0.0924. The number of hydrogen-bond acceptors (Lipinski definition) is 5. The van der Waals surface area contributed by atoms with Gasteiger partial charge in [0.25, 0.3) is 5.91 Å². The Labute approximate surface area is 144 Å². The van der Waals surface area contributed by atoms with E-state index in [1.165, 1.54) is 4.52 Å². The zero-order valence-electron chi connectivity index (χ0n) is 13.7. The molecule has 0 saturated heterocycles. The van der Waals surface area contributed by atoms with Crippen molar-refractivity contribution in [1.29, 1.82) is 0 Å². The lowest BCUT2D eigenvalue weighted by Gasteiger charge is -2.09. The number of amides is 1. The summed E-state index contributed by atoms with van der Waals surface area (Å²) in [5.41, 5.74) is 1.31. The fourth-order valence-corrected chi connectivity index (χ4v) is 2.50. The van der Waals surface area contributed by atoms with Gasteiger partial charge in [-0.15, -0.1) is 5.10 Å². The number of halogens is 1. The van der Waals surface area contributed by atoms with Crippen LogP contribution in [0.5, 0.6) is 0 Å². The molecule has 3 aromatic rings. The van der Waals surface area contributed by atoms with E-state index in [0.717, 1.165) is 12.1 Å². The van der Waals surface area contributed by atoms with Crippen LogP contribution in [-0.2, 0) is 0 Å². The smallest absolute Gasteiger partial charge is 0.325 e. The zero-order valence-corrected chi connectivity index (χ0v) is 14.5. The van der Waals surface area contributed by atoms with E-state index in [9.17, 15) is 4.79 Å². The molecule has 7 nitrogen and oxygen atoms in total. The second kappa shape index (κ2) is 6.62. The highest BCUT2D eigenvalue weighted by Crippen LogP contribution is 2.26. The highest BCUT2D eigenvalue weighted by molar-refractivity contribution is 6.33. The molecule has 3 rings (SSSR count). The Morgan fingerprint density at radius 3 is 2.79 bits per heavy atom. The topological polar surface area (TPSA) is 75.7 Å². The summed E-state index contributed by atoms with van der Waals surface area (Å²) in [6.45, 7) is 3.05. The van der Waals surface area contributed by atoms with Crippen LogP contribution in [0.15, 0.2) is 28.7 Å². The molecular formula is C16H18ClN5O2. The Kier molecular flexibility index (Phi) is 4.55. The van der Waals surface area contributed by atoms with Gasteiger partial charge in [-0.05, 0) is 33.2 Å². The summed E-state index contributed by atoms with van der Waals surface area (Å²) in [6.07, 6.45) is 0. The first kappa shape index (κ1) is 16.5. The number of nitrogens with zero attached hydrogens (tertiary/aromatic N) is 4. The molecule has 1 aromatic carbocycles. The van der Waals surface area contributed by atoms with Crippen LogP contribution < -0.4 is 5.32 Å². The first-order valence-corrected chi connectivity index (χ1v) is 7.89. The van der Waals surface area contributed by atoms with Gasteiger partial charge in [-0.3, -0.25) is 4.79 Å². The number of rotatable bonds is 5. The zero-order chi connectivity index (χ0) is 17.3. The minimum absolute atomic E-state index is 0.217. The number of aryl methyl sites for hydroxylation is 1. The lowest BCUT2D eigenvalue weighted by atomic mass is 10.2. The van der Waals surface area contributed by atoms with Gasteiger partial charge < -0.3 is 14.6 Å². The second-order valence-electron chi connectivity index (χ2n) is 5.69. The molecule has 1 N–H and O–H groups in total. The summed E-state index contributed by atoms with van der Waals surface area (Å²) in [4.78, 5) is 18.5. The van der Waals surface area contributed by atoms with Crippen molar-refractivity contribution in [2.75, 3.05) is 27.2 Å². The molecule has 0 aliphatic heterocycles. The van der Waals surface area contributed by atoms with Crippen LogP contribution >= 0.6 is 11.6 Å². The molecular weight excluding hydrogens is 330 g/mol. The molecule has 24 heavy (non-hydrogen) atoms. The highest BCUT2D eigenvalue weighted by atomic mass is 35.5. The summed E-state index contributed by atoms with van der Waals surface area (Å²) in [5, 5.41) is 7.77. The number of carbonyl (C=O) groups excluding carboxylic acids is 1. The van der Waals surface area contributed by atoms with Crippen molar-refractivity contribution in [3.63, 3.8) is 0 Å². The number of likely N-dealkylation sites (N-methyl/N-ethyl adjacent to an activating group) is 1. The van der Waals surface area contributed by atoms with Crippen molar-refractivity contribution in [2.45, 2.75) is 6.92 Å². The van der Waals surface area contributed by atoms with Crippen molar-refractivity contribution < 1.29 is 9.21 Å². The Balaban J connectivity index is 1.86. The second-order valence-corrected chi connectivity index (χ2v) is 6.09. The quantitative estimate of drug-likeness (QED) is 0.766. The maximum absolute atomic E-state index is 12.2. The van der Waals surface area contributed by atoms with E-state index in [4.69, 9.17) is 16.0 Å². The average molecular weight is 348 g/mol. The summed E-state index contributed by atoms with van der Waals surface area (Å²) in [7, 11) is 3.89. The number of carbonyl (C=O) groups is 1. The van der Waals surface area contributed by atoms with Crippen molar-refractivity contribution in [1.82, 2.24) is 24.8 Å². The van der Waals surface area contributed by atoms with Gasteiger partial charge >= 0.3 is 5.84 Å². The van der Waals surface area contributed by atoms with E-state index >= 15 is 0 Å². The van der Waals surface area contributed by atoms with Gasteiger partial charge in [0.15, 0.2) is 5.82 Å². The Morgan fingerprint density at radius 2 is 2.12 bits per heavy atom. The van der Waals surface area contributed by atoms with Crippen LogP contribution in [0.25, 0.3) is 17.2 Å². The molecule has 0 radical (unpaired) electrons. The summed E-state index contributed by atoms with van der Waals surface area (Å²) < 4.78 is 7.09. The van der Waals surface area contributed by atoms with Crippen molar-refractivity contribution in [3.05, 3.63) is 40.7 Å². The molecule has 0 unspecified atom stereocenters. The van der Waals surface area contributed by atoms with Gasteiger partial charge in [-0.2, -0.15) is 9.50 Å². The number of aromatic nitrogens is 3. The number of hydrogen-bond donors (Lipinski definition) is 1. The van der Waals surface area contributed by atoms with Crippen LogP contribution in [0.1, 0.15) is 16.2 Å². The predicted molar refractivity (Wildman–Crippen MR) is 91.3 cm³/mol. The minimum Gasteiger partial charge on any atom is -0.416 e. The van der Waals surface area contributed by atoms with Crippen LogP contribution in [0.2, 0.25) is 5.02 Å². The first-order chi connectivity index (χ1) is 11.5. The van der Waals surface area contributed by atoms with Gasteiger partial charge in [-0.25, -0.2) is 0 Å². The molecule has 0 aliphatic rings. The third-order valence-electron chi connectivity index (χ3n) is 3.58. The standard InChI is InChI=1S/C16H18ClN5O2/c1-10-13(15(23)18-8-9-21(2)3)24-16-19-14(20-22(10)16)11-6-4-5-7-12(11)17/h4-7H,8-9H2,1-3H3,(H,18,23). The van der Waals surface area contributed by atoms with Crippen LogP contribution in [0.4, 0.5) is 0 Å². The van der Waals surface area contributed by atoms with Gasteiger partial charge in [0.1, 0.15) is 0 Å². The lowest BCUT2D eigenvalue weighted by Crippen LogP contribution is -2.31. The summed E-state index contributed by atoms with van der Waals surface area (Å²) >= 11 is 6.17. The molecule has 0 saturated carbocycles. The van der Waals surface area contributed by atoms with Gasteiger partial charge in [-0.1, -0.05) is 23.7 Å². The highest BCUT2D eigenvalue weighted by Gasteiger charge is 2.21. The van der Waals surface area contributed by atoms with Crippen LogP contribution in [0, 0.1) is 6.92 Å². The molecule has 2 heterocycles. The molecule has 0 atom stereocenters. The van der Waals surface area contributed by atoms with Crippen molar-refractivity contribution >= 4 is 23.4 Å². The Bertz CT molecular complexity index is 884. The normalized spacial score (nSPS) is 11.4. The van der Waals surface area contributed by atoms with Gasteiger partial charge in [0.05, 0.1) is 10.7 Å². The third-order valence-corrected chi connectivity index (χ3v) is 3.91. The molecule has 2 aromatic heterocycles. The number of benzene rings is 1. The molecule has 8 heteroatoms. The van der Waals surface area contributed by atoms with E-state index in [-0.39, 0.29) is 17.5 Å². The van der Waals surface area contributed by atoms with Crippen molar-refractivity contribution in [2.24, 2.45) is 0 Å². The van der Waals surface area contributed by atoms with Gasteiger partial charge in [0.2, 0.25) is 5.76 Å². The van der Waals surface area contributed by atoms with E-state index in [2.05, 4.69) is 15.4 Å². The fraction of sp³-hybridized carbons (Fsp3) is 0.312. The van der Waals surface area contributed by atoms with E-state index in [1.807, 2.05) is 37.2 Å². The molecule has 0 spiro atoms. The third kappa shape index (κ3) is 3.13. The number of fused-ring (bicyclic) bond motifs is 1. The molecule has 126 valence electrons. The SMILES string of the molecule is Cc1c(C(=O)NCCN(C)C)oc2nc(-c3ccccc3Cl)nn12. The largest absolute Gasteiger partial charge is 0.416 e. The van der Waals surface area contributed by atoms with E-state index < -0.39 is 0 Å². The average Bonchev–Trinajstić information content (AvgIpc) is 3.07. The first-order valence-electron chi connectivity index (χ1n) is 7.51. The number of nitrogens with one attached hydrogen (secondary N) is 1. The van der Waals surface area contributed by atoms with Crippen LogP contribution in [0.3, 0.4) is 0 Å². The fourth-order valence-electron chi connectivity index (χ4n) is 2.28. The van der Waals surface area contributed by atoms with Crippen LogP contribution in [-0.4, -0.2) is 52.6 Å². The molecule has 0 aliphatic carbocycles. The predicted octanol–water partition coefficient (Wildman–Crippen LogP) is 2.24. The van der Waals surface area contributed by atoms with E-state index in [1.54, 1.807) is 13.0 Å². The number of oxazole rings is 1. The van der Waals surface area contributed by atoms with Gasteiger partial charge in [0, 0.05) is 18.7 Å². The Morgan fingerprint density at radius 1 is 1.38 bits per heavy atom. The maximum Gasteiger partial charge on any atom is 0.325 e.